The van der Waals surface area contributed by atoms with Gasteiger partial charge in [-0.3, -0.25) is 9.48 Å². The Balaban J connectivity index is 1.29. The van der Waals surface area contributed by atoms with Gasteiger partial charge in [0.15, 0.2) is 0 Å². The first kappa shape index (κ1) is 21.1. The predicted molar refractivity (Wildman–Crippen MR) is 138 cm³/mol. The average Bonchev–Trinajstić information content (AvgIpc) is 3.54. The van der Waals surface area contributed by atoms with E-state index in [-0.39, 0.29) is 5.91 Å². The lowest BCUT2D eigenvalue weighted by Crippen LogP contribution is -2.34. The number of rotatable bonds is 5. The fourth-order valence-corrected chi connectivity index (χ4v) is 4.73. The smallest absolute Gasteiger partial charge is 0.257 e. The molecule has 6 heteroatoms. The third kappa shape index (κ3) is 4.15. The molecule has 5 aromatic rings. The van der Waals surface area contributed by atoms with Gasteiger partial charge >= 0.3 is 0 Å². The number of aromatic nitrogens is 4. The van der Waals surface area contributed by atoms with Crippen molar-refractivity contribution in [2.24, 2.45) is 0 Å². The van der Waals surface area contributed by atoms with Crippen LogP contribution in [0, 0.1) is 0 Å². The van der Waals surface area contributed by atoms with E-state index in [1.54, 1.807) is 6.20 Å². The highest BCUT2D eigenvalue weighted by Gasteiger charge is 2.25. The molecule has 4 heterocycles. The second-order valence-electron chi connectivity index (χ2n) is 8.77. The van der Waals surface area contributed by atoms with Crippen LogP contribution in [-0.2, 0) is 6.54 Å². The number of carbonyl (C=O) groups is 1. The molecule has 1 aliphatic rings. The van der Waals surface area contributed by atoms with Crippen molar-refractivity contribution < 1.29 is 4.79 Å². The number of amides is 1. The van der Waals surface area contributed by atoms with Gasteiger partial charge in [-0.25, -0.2) is 4.98 Å². The summed E-state index contributed by atoms with van der Waals surface area (Å²) in [6.45, 7) is 1.85. The number of aromatic amines is 1. The van der Waals surface area contributed by atoms with Gasteiger partial charge in [0.05, 0.1) is 12.1 Å². The topological polar surface area (TPSA) is 66.8 Å². The summed E-state index contributed by atoms with van der Waals surface area (Å²) in [6, 6.07) is 24.2. The molecule has 1 amide bonds. The van der Waals surface area contributed by atoms with Crippen LogP contribution < -0.4 is 0 Å². The van der Waals surface area contributed by atoms with Crippen LogP contribution in [0.1, 0.15) is 27.9 Å². The first-order valence-corrected chi connectivity index (χ1v) is 11.8. The summed E-state index contributed by atoms with van der Waals surface area (Å²) >= 11 is 0. The molecular formula is C29H25N5O. The average molecular weight is 460 g/mol. The molecule has 2 aromatic carbocycles. The van der Waals surface area contributed by atoms with Crippen LogP contribution in [0.4, 0.5) is 0 Å². The van der Waals surface area contributed by atoms with Crippen molar-refractivity contribution in [2.45, 2.75) is 13.0 Å². The standard InChI is InChI=1S/C29H25N5O/c35-29(33-16-13-22(14-17-33)25-18-31-28-24(25)12-7-15-30-28)26-20-34(19-21-8-3-1-4-9-21)32-27(26)23-10-5-2-6-11-23/h1-13,15,18,20H,14,16-17,19H2,(H,30,31). The number of nitrogens with one attached hydrogen (secondary N) is 1. The number of nitrogens with zero attached hydrogens (tertiary/aromatic N) is 4. The van der Waals surface area contributed by atoms with Crippen molar-refractivity contribution in [3.8, 4) is 11.3 Å². The van der Waals surface area contributed by atoms with Crippen molar-refractivity contribution in [3.63, 3.8) is 0 Å². The molecule has 0 bridgehead atoms. The van der Waals surface area contributed by atoms with Crippen LogP contribution >= 0.6 is 0 Å². The number of pyridine rings is 1. The quantitative estimate of drug-likeness (QED) is 0.382. The monoisotopic (exact) mass is 459 g/mol. The Morgan fingerprint density at radius 3 is 2.54 bits per heavy atom. The maximum Gasteiger partial charge on any atom is 0.257 e. The van der Waals surface area contributed by atoms with E-state index in [2.05, 4.69) is 34.2 Å². The van der Waals surface area contributed by atoms with E-state index in [1.165, 1.54) is 11.1 Å². The van der Waals surface area contributed by atoms with Gasteiger partial charge < -0.3 is 9.88 Å². The molecule has 0 spiro atoms. The molecule has 35 heavy (non-hydrogen) atoms. The number of fused-ring (bicyclic) bond motifs is 1. The van der Waals surface area contributed by atoms with Crippen LogP contribution in [0.3, 0.4) is 0 Å². The molecule has 172 valence electrons. The van der Waals surface area contributed by atoms with Crippen molar-refractivity contribution >= 4 is 22.5 Å². The molecule has 0 atom stereocenters. The number of hydrogen-bond acceptors (Lipinski definition) is 3. The summed E-state index contributed by atoms with van der Waals surface area (Å²) < 4.78 is 1.87. The number of benzene rings is 2. The lowest BCUT2D eigenvalue weighted by molar-refractivity contribution is 0.0773. The second kappa shape index (κ2) is 9.06. The van der Waals surface area contributed by atoms with E-state index in [0.29, 0.717) is 25.2 Å². The highest BCUT2D eigenvalue weighted by Crippen LogP contribution is 2.30. The van der Waals surface area contributed by atoms with Crippen molar-refractivity contribution in [3.05, 3.63) is 114 Å². The van der Waals surface area contributed by atoms with Crippen molar-refractivity contribution in [1.82, 2.24) is 24.6 Å². The third-order valence-corrected chi connectivity index (χ3v) is 6.52. The minimum Gasteiger partial charge on any atom is -0.346 e. The van der Waals surface area contributed by atoms with Gasteiger partial charge in [0, 0.05) is 48.2 Å². The zero-order valence-corrected chi connectivity index (χ0v) is 19.3. The fourth-order valence-electron chi connectivity index (χ4n) is 4.73. The number of H-pyrrole nitrogens is 1. The summed E-state index contributed by atoms with van der Waals surface area (Å²) in [5, 5.41) is 5.94. The first-order valence-electron chi connectivity index (χ1n) is 11.8. The van der Waals surface area contributed by atoms with Gasteiger partial charge in [0.1, 0.15) is 11.3 Å². The SMILES string of the molecule is O=C(c1cn(Cc2ccccc2)nc1-c1ccccc1)N1CC=C(c2c[nH]c3ncccc23)CC1. The highest BCUT2D eigenvalue weighted by molar-refractivity contribution is 6.00. The largest absolute Gasteiger partial charge is 0.346 e. The second-order valence-corrected chi connectivity index (χ2v) is 8.77. The predicted octanol–water partition coefficient (Wildman–Crippen LogP) is 5.40. The Hall–Kier alpha value is -4.45. The van der Waals surface area contributed by atoms with Crippen LogP contribution in [0.25, 0.3) is 27.9 Å². The maximum atomic E-state index is 13.7. The van der Waals surface area contributed by atoms with Crippen LogP contribution in [0.5, 0.6) is 0 Å². The summed E-state index contributed by atoms with van der Waals surface area (Å²) in [6.07, 6.45) is 8.66. The third-order valence-electron chi connectivity index (χ3n) is 6.52. The molecule has 6 rings (SSSR count). The molecule has 0 radical (unpaired) electrons. The Morgan fingerprint density at radius 1 is 0.971 bits per heavy atom. The Labute approximate surface area is 203 Å². The van der Waals surface area contributed by atoms with E-state index >= 15 is 0 Å². The maximum absolute atomic E-state index is 13.7. The summed E-state index contributed by atoms with van der Waals surface area (Å²) in [5.41, 5.74) is 6.76. The van der Waals surface area contributed by atoms with Gasteiger partial charge in [-0.05, 0) is 29.7 Å². The minimum atomic E-state index is 0.0130. The van der Waals surface area contributed by atoms with Crippen LogP contribution in [0.2, 0.25) is 0 Å². The molecule has 3 aromatic heterocycles. The Morgan fingerprint density at radius 2 is 1.77 bits per heavy atom. The highest BCUT2D eigenvalue weighted by atomic mass is 16.2. The molecule has 0 fully saturated rings. The molecule has 0 aliphatic carbocycles. The van der Waals surface area contributed by atoms with Gasteiger partial charge in [-0.15, -0.1) is 0 Å². The van der Waals surface area contributed by atoms with E-state index in [4.69, 9.17) is 5.10 Å². The van der Waals surface area contributed by atoms with Gasteiger partial charge in [-0.2, -0.15) is 5.10 Å². The molecule has 6 nitrogen and oxygen atoms in total. The molecule has 1 N–H and O–H groups in total. The van der Waals surface area contributed by atoms with Crippen molar-refractivity contribution in [1.29, 1.82) is 0 Å². The molecule has 0 unspecified atom stereocenters. The fraction of sp³-hybridized carbons (Fsp3) is 0.138. The summed E-state index contributed by atoms with van der Waals surface area (Å²) in [7, 11) is 0. The summed E-state index contributed by atoms with van der Waals surface area (Å²) in [5.74, 6) is 0.0130. The van der Waals surface area contributed by atoms with Gasteiger partial charge in [0.25, 0.3) is 5.91 Å². The van der Waals surface area contributed by atoms with E-state index in [0.717, 1.165) is 34.3 Å². The van der Waals surface area contributed by atoms with E-state index in [1.807, 2.05) is 76.6 Å². The normalized spacial score (nSPS) is 13.7. The number of hydrogen-bond donors (Lipinski definition) is 1. The lowest BCUT2D eigenvalue weighted by atomic mass is 9.99. The first-order chi connectivity index (χ1) is 17.3. The van der Waals surface area contributed by atoms with Gasteiger partial charge in [0.2, 0.25) is 0 Å². The molecule has 0 saturated heterocycles. The van der Waals surface area contributed by atoms with Crippen molar-refractivity contribution in [2.75, 3.05) is 13.1 Å². The van der Waals surface area contributed by atoms with Crippen LogP contribution in [-0.4, -0.2) is 43.6 Å². The lowest BCUT2D eigenvalue weighted by Gasteiger charge is -2.26. The molecule has 1 aliphatic heterocycles. The van der Waals surface area contributed by atoms with E-state index in [9.17, 15) is 4.79 Å². The Bertz CT molecular complexity index is 1510. The molecule has 0 saturated carbocycles. The Kier molecular flexibility index (Phi) is 5.47. The van der Waals surface area contributed by atoms with E-state index < -0.39 is 0 Å². The number of carbonyl (C=O) groups excluding carboxylic acids is 1. The molecular weight excluding hydrogens is 434 g/mol. The van der Waals surface area contributed by atoms with Gasteiger partial charge in [-0.1, -0.05) is 66.7 Å². The summed E-state index contributed by atoms with van der Waals surface area (Å²) in [4.78, 5) is 23.2. The van der Waals surface area contributed by atoms with Crippen LogP contribution in [0.15, 0.2) is 97.5 Å². The minimum absolute atomic E-state index is 0.0130. The zero-order valence-electron chi connectivity index (χ0n) is 19.3. The zero-order chi connectivity index (χ0) is 23.6.